The molecule has 3 rings (SSSR count). The van der Waals surface area contributed by atoms with Crippen molar-refractivity contribution in [2.45, 2.75) is 25.8 Å². The Bertz CT molecular complexity index is 723. The van der Waals surface area contributed by atoms with Crippen molar-refractivity contribution in [3.63, 3.8) is 0 Å². The fourth-order valence-electron chi connectivity index (χ4n) is 3.07. The molecule has 1 atom stereocenters. The third-order valence-electron chi connectivity index (χ3n) is 4.57. The molecular weight excluding hydrogens is 327 g/mol. The first-order valence-electron chi connectivity index (χ1n) is 8.11. The highest BCUT2D eigenvalue weighted by Gasteiger charge is 2.24. The number of halogens is 2. The van der Waals surface area contributed by atoms with Crippen LogP contribution in [0.2, 0.25) is 5.02 Å². The van der Waals surface area contributed by atoms with E-state index in [1.165, 1.54) is 29.3 Å². The third-order valence-corrected chi connectivity index (χ3v) is 4.88. The van der Waals surface area contributed by atoms with Gasteiger partial charge >= 0.3 is 0 Å². The number of hydrogen-bond donors (Lipinski definition) is 1. The second kappa shape index (κ2) is 7.32. The molecule has 2 aromatic rings. The minimum atomic E-state index is -0.420. The summed E-state index contributed by atoms with van der Waals surface area (Å²) in [6, 6.07) is 12.1. The highest BCUT2D eigenvalue weighted by molar-refractivity contribution is 6.33. The first-order chi connectivity index (χ1) is 11.5. The lowest BCUT2D eigenvalue weighted by Gasteiger charge is -2.26. The number of fused-ring (bicyclic) bond motifs is 1. The lowest BCUT2D eigenvalue weighted by molar-refractivity contribution is -0.120. The minimum Gasteiger partial charge on any atom is -0.323 e. The van der Waals surface area contributed by atoms with Crippen LogP contribution in [0.4, 0.5) is 10.1 Å². The molecule has 1 N–H and O–H groups in total. The van der Waals surface area contributed by atoms with E-state index in [1.807, 2.05) is 6.92 Å². The molecule has 2 aromatic carbocycles. The molecule has 0 saturated carbocycles. The Morgan fingerprint density at radius 3 is 2.38 bits per heavy atom. The van der Waals surface area contributed by atoms with Gasteiger partial charge in [0.25, 0.3) is 0 Å². The zero-order valence-electron chi connectivity index (χ0n) is 13.6. The number of rotatable bonds is 3. The maximum Gasteiger partial charge on any atom is 0.241 e. The maximum absolute atomic E-state index is 13.1. The molecule has 126 valence electrons. The van der Waals surface area contributed by atoms with E-state index < -0.39 is 5.82 Å². The van der Waals surface area contributed by atoms with Crippen molar-refractivity contribution < 1.29 is 9.18 Å². The average Bonchev–Trinajstić information content (AvgIpc) is 2.79. The highest BCUT2D eigenvalue weighted by atomic mass is 35.5. The summed E-state index contributed by atoms with van der Waals surface area (Å²) in [5.74, 6) is -0.550. The lowest BCUT2D eigenvalue weighted by Crippen LogP contribution is -2.43. The van der Waals surface area contributed by atoms with Crippen LogP contribution in [-0.4, -0.2) is 29.9 Å². The van der Waals surface area contributed by atoms with Crippen molar-refractivity contribution in [1.29, 1.82) is 0 Å². The van der Waals surface area contributed by atoms with Gasteiger partial charge < -0.3 is 5.32 Å². The van der Waals surface area contributed by atoms with Gasteiger partial charge in [-0.25, -0.2) is 4.39 Å². The Hall–Kier alpha value is -1.91. The van der Waals surface area contributed by atoms with E-state index in [0.29, 0.717) is 5.69 Å². The van der Waals surface area contributed by atoms with Gasteiger partial charge in [0.2, 0.25) is 5.91 Å². The number of carbonyl (C=O) groups excluding carboxylic acids is 1. The summed E-state index contributed by atoms with van der Waals surface area (Å²) < 4.78 is 13.1. The van der Waals surface area contributed by atoms with Gasteiger partial charge in [0.1, 0.15) is 5.82 Å². The molecule has 5 heteroatoms. The van der Waals surface area contributed by atoms with Gasteiger partial charge in [-0.2, -0.15) is 0 Å². The Morgan fingerprint density at radius 2 is 1.79 bits per heavy atom. The number of hydrogen-bond acceptors (Lipinski definition) is 2. The summed E-state index contributed by atoms with van der Waals surface area (Å²) >= 11 is 5.98. The molecule has 24 heavy (non-hydrogen) atoms. The first-order valence-corrected chi connectivity index (χ1v) is 8.49. The van der Waals surface area contributed by atoms with Crippen molar-refractivity contribution in [2.75, 3.05) is 18.4 Å². The molecular formula is C19H20ClFN2O. The molecule has 3 nitrogen and oxygen atoms in total. The van der Waals surface area contributed by atoms with Gasteiger partial charge in [-0.05, 0) is 49.1 Å². The lowest BCUT2D eigenvalue weighted by atomic mass is 10.0. The van der Waals surface area contributed by atoms with Gasteiger partial charge in [0.05, 0.1) is 16.8 Å². The first kappa shape index (κ1) is 16.9. The summed E-state index contributed by atoms with van der Waals surface area (Å²) in [6.07, 6.45) is 1.87. The van der Waals surface area contributed by atoms with Crippen LogP contribution < -0.4 is 5.32 Å². The van der Waals surface area contributed by atoms with Crippen molar-refractivity contribution in [2.24, 2.45) is 0 Å². The van der Waals surface area contributed by atoms with Crippen molar-refractivity contribution in [3.05, 3.63) is 64.4 Å². The second-order valence-electron chi connectivity index (χ2n) is 6.09. The summed E-state index contributed by atoms with van der Waals surface area (Å²) in [5.41, 5.74) is 3.15. The predicted octanol–water partition coefficient (Wildman–Crippen LogP) is 3.91. The maximum atomic E-state index is 13.1. The molecule has 1 aliphatic rings. The SMILES string of the molecule is CC(C(=O)Nc1ccc(F)cc1Cl)N1CCc2ccccc2CC1. The summed E-state index contributed by atoms with van der Waals surface area (Å²) in [7, 11) is 0. The molecule has 1 unspecified atom stereocenters. The van der Waals surface area contributed by atoms with Crippen molar-refractivity contribution in [3.8, 4) is 0 Å². The standard InChI is InChI=1S/C19H20ClFN2O/c1-13(19(24)22-18-7-6-16(21)12-17(18)20)23-10-8-14-4-2-3-5-15(14)9-11-23/h2-7,12-13H,8-11H2,1H3,(H,22,24). The van der Waals surface area contributed by atoms with E-state index in [0.717, 1.165) is 25.9 Å². The molecule has 0 radical (unpaired) electrons. The van der Waals surface area contributed by atoms with Crippen LogP contribution in [0.1, 0.15) is 18.1 Å². The Morgan fingerprint density at radius 1 is 1.17 bits per heavy atom. The van der Waals surface area contributed by atoms with Gasteiger partial charge in [-0.15, -0.1) is 0 Å². The minimum absolute atomic E-state index is 0.130. The Labute approximate surface area is 146 Å². The Kier molecular flexibility index (Phi) is 5.17. The monoisotopic (exact) mass is 346 g/mol. The van der Waals surface area contributed by atoms with Crippen LogP contribution in [0.15, 0.2) is 42.5 Å². The highest BCUT2D eigenvalue weighted by Crippen LogP contribution is 2.23. The summed E-state index contributed by atoms with van der Waals surface area (Å²) in [6.45, 7) is 3.56. The van der Waals surface area contributed by atoms with Crippen LogP contribution in [0, 0.1) is 5.82 Å². The van der Waals surface area contributed by atoms with Gasteiger partial charge in [-0.3, -0.25) is 9.69 Å². The molecule has 1 amide bonds. The number of anilines is 1. The molecule has 0 aliphatic carbocycles. The molecule has 1 heterocycles. The van der Waals surface area contributed by atoms with Crippen LogP contribution in [0.5, 0.6) is 0 Å². The molecule has 0 aromatic heterocycles. The zero-order chi connectivity index (χ0) is 17.1. The molecule has 0 bridgehead atoms. The fourth-order valence-corrected chi connectivity index (χ4v) is 3.28. The summed E-state index contributed by atoms with van der Waals surface area (Å²) in [4.78, 5) is 14.7. The number of nitrogens with zero attached hydrogens (tertiary/aromatic N) is 1. The Balaban J connectivity index is 1.66. The van der Waals surface area contributed by atoms with Crippen LogP contribution in [-0.2, 0) is 17.6 Å². The van der Waals surface area contributed by atoms with Crippen LogP contribution in [0.3, 0.4) is 0 Å². The fraction of sp³-hybridized carbons (Fsp3) is 0.316. The third kappa shape index (κ3) is 3.77. The zero-order valence-corrected chi connectivity index (χ0v) is 14.3. The molecule has 0 saturated heterocycles. The van der Waals surface area contributed by atoms with Crippen LogP contribution in [0.25, 0.3) is 0 Å². The largest absolute Gasteiger partial charge is 0.323 e. The van der Waals surface area contributed by atoms with E-state index >= 15 is 0 Å². The number of nitrogens with one attached hydrogen (secondary N) is 1. The van der Waals surface area contributed by atoms with E-state index in [4.69, 9.17) is 11.6 Å². The quantitative estimate of drug-likeness (QED) is 0.914. The smallest absolute Gasteiger partial charge is 0.241 e. The average molecular weight is 347 g/mol. The van der Waals surface area contributed by atoms with Crippen LogP contribution >= 0.6 is 11.6 Å². The normalized spacial score (nSPS) is 16.1. The van der Waals surface area contributed by atoms with Gasteiger partial charge in [0.15, 0.2) is 0 Å². The van der Waals surface area contributed by atoms with E-state index in [9.17, 15) is 9.18 Å². The van der Waals surface area contributed by atoms with Gasteiger partial charge in [-0.1, -0.05) is 35.9 Å². The van der Waals surface area contributed by atoms with Crippen molar-refractivity contribution in [1.82, 2.24) is 4.90 Å². The number of carbonyl (C=O) groups is 1. The van der Waals surface area contributed by atoms with E-state index in [2.05, 4.69) is 34.5 Å². The molecule has 0 fully saturated rings. The second-order valence-corrected chi connectivity index (χ2v) is 6.50. The summed E-state index contributed by atoms with van der Waals surface area (Å²) in [5, 5.41) is 3.00. The number of amides is 1. The molecule has 1 aliphatic heterocycles. The van der Waals surface area contributed by atoms with E-state index in [-0.39, 0.29) is 17.0 Å². The number of benzene rings is 2. The molecule has 0 spiro atoms. The predicted molar refractivity (Wildman–Crippen MR) is 94.9 cm³/mol. The van der Waals surface area contributed by atoms with Gasteiger partial charge in [0, 0.05) is 13.1 Å². The van der Waals surface area contributed by atoms with Crippen molar-refractivity contribution >= 4 is 23.2 Å². The van der Waals surface area contributed by atoms with E-state index in [1.54, 1.807) is 0 Å². The topological polar surface area (TPSA) is 32.3 Å².